The number of benzene rings is 1. The Morgan fingerprint density at radius 2 is 1.89 bits per heavy atom. The fraction of sp³-hybridized carbons (Fsp3) is 0.273. The van der Waals surface area contributed by atoms with Crippen molar-refractivity contribution in [1.29, 1.82) is 0 Å². The summed E-state index contributed by atoms with van der Waals surface area (Å²) in [6.07, 6.45) is 0. The highest BCUT2D eigenvalue weighted by Crippen LogP contribution is 2.20. The van der Waals surface area contributed by atoms with Crippen LogP contribution in [0.2, 0.25) is 0 Å². The van der Waals surface area contributed by atoms with E-state index in [0.29, 0.717) is 5.56 Å². The molecule has 0 bridgehead atoms. The molecule has 0 radical (unpaired) electrons. The third-order valence-electron chi connectivity index (χ3n) is 4.68. The van der Waals surface area contributed by atoms with Gasteiger partial charge in [0.1, 0.15) is 0 Å². The van der Waals surface area contributed by atoms with E-state index in [0.717, 1.165) is 34.7 Å². The van der Waals surface area contributed by atoms with Gasteiger partial charge in [0.15, 0.2) is 6.61 Å². The minimum absolute atomic E-state index is 0.319. The van der Waals surface area contributed by atoms with Gasteiger partial charge in [-0.2, -0.15) is 0 Å². The zero-order chi connectivity index (χ0) is 20.3. The molecular formula is C22H24N2O3S. The van der Waals surface area contributed by atoms with Crippen molar-refractivity contribution in [3.8, 4) is 0 Å². The van der Waals surface area contributed by atoms with Crippen molar-refractivity contribution in [2.45, 2.75) is 34.2 Å². The highest BCUT2D eigenvalue weighted by Gasteiger charge is 2.18. The highest BCUT2D eigenvalue weighted by molar-refractivity contribution is 7.09. The van der Waals surface area contributed by atoms with E-state index >= 15 is 0 Å². The molecule has 0 aliphatic heterocycles. The summed E-state index contributed by atoms with van der Waals surface area (Å²) in [5, 5.41) is 4.82. The van der Waals surface area contributed by atoms with Crippen molar-refractivity contribution < 1.29 is 14.3 Å². The first-order valence-corrected chi connectivity index (χ1v) is 9.96. The maximum Gasteiger partial charge on any atom is 0.340 e. The highest BCUT2D eigenvalue weighted by atomic mass is 32.1. The largest absolute Gasteiger partial charge is 0.452 e. The molecule has 1 aromatic carbocycles. The molecule has 0 unspecified atom stereocenters. The molecule has 0 spiro atoms. The topological polar surface area (TPSA) is 60.3 Å². The number of thiophene rings is 1. The molecule has 28 heavy (non-hydrogen) atoms. The maximum atomic E-state index is 12.5. The summed E-state index contributed by atoms with van der Waals surface area (Å²) < 4.78 is 7.33. The van der Waals surface area contributed by atoms with Crippen LogP contribution in [0.5, 0.6) is 0 Å². The van der Waals surface area contributed by atoms with Gasteiger partial charge in [0, 0.05) is 22.0 Å². The van der Waals surface area contributed by atoms with Crippen LogP contribution in [0.3, 0.4) is 0 Å². The maximum absolute atomic E-state index is 12.5. The van der Waals surface area contributed by atoms with Gasteiger partial charge in [-0.3, -0.25) is 4.79 Å². The Kier molecular flexibility index (Phi) is 5.99. The van der Waals surface area contributed by atoms with Crippen LogP contribution in [0.15, 0.2) is 41.8 Å². The number of carbonyl (C=O) groups is 2. The third kappa shape index (κ3) is 4.51. The summed E-state index contributed by atoms with van der Waals surface area (Å²) in [5.74, 6) is -0.839. The van der Waals surface area contributed by atoms with E-state index in [9.17, 15) is 9.59 Å². The number of nitrogens with zero attached hydrogens (tertiary/aromatic N) is 1. The molecule has 3 aromatic rings. The molecule has 6 heteroatoms. The molecule has 0 atom stereocenters. The lowest BCUT2D eigenvalue weighted by molar-refractivity contribution is -0.119. The van der Waals surface area contributed by atoms with Crippen LogP contribution in [-0.2, 0) is 16.1 Å². The summed E-state index contributed by atoms with van der Waals surface area (Å²) >= 11 is 1.68. The van der Waals surface area contributed by atoms with Crippen molar-refractivity contribution in [2.75, 3.05) is 11.9 Å². The zero-order valence-corrected chi connectivity index (χ0v) is 17.4. The van der Waals surface area contributed by atoms with E-state index in [-0.39, 0.29) is 12.5 Å². The number of rotatable bonds is 6. The first kappa shape index (κ1) is 19.9. The van der Waals surface area contributed by atoms with Gasteiger partial charge in [0.25, 0.3) is 5.91 Å². The second-order valence-electron chi connectivity index (χ2n) is 6.89. The molecule has 0 saturated heterocycles. The Morgan fingerprint density at radius 3 is 2.57 bits per heavy atom. The smallest absolute Gasteiger partial charge is 0.340 e. The van der Waals surface area contributed by atoms with Gasteiger partial charge in [0.2, 0.25) is 0 Å². The van der Waals surface area contributed by atoms with Crippen molar-refractivity contribution in [2.24, 2.45) is 0 Å². The van der Waals surface area contributed by atoms with Crippen LogP contribution >= 0.6 is 11.3 Å². The molecule has 0 aliphatic carbocycles. The Labute approximate surface area is 169 Å². The second-order valence-corrected chi connectivity index (χ2v) is 7.93. The average molecular weight is 397 g/mol. The minimum atomic E-state index is -0.485. The molecule has 0 fully saturated rings. The molecular weight excluding hydrogens is 372 g/mol. The summed E-state index contributed by atoms with van der Waals surface area (Å²) in [6.45, 7) is 8.18. The van der Waals surface area contributed by atoms with Crippen molar-refractivity contribution >= 4 is 28.9 Å². The van der Waals surface area contributed by atoms with Gasteiger partial charge in [-0.15, -0.1) is 11.3 Å². The quantitative estimate of drug-likeness (QED) is 0.618. The van der Waals surface area contributed by atoms with Gasteiger partial charge < -0.3 is 14.6 Å². The number of amides is 1. The van der Waals surface area contributed by atoms with Gasteiger partial charge in [0.05, 0.1) is 12.1 Å². The van der Waals surface area contributed by atoms with Gasteiger partial charge in [-0.05, 0) is 56.8 Å². The lowest BCUT2D eigenvalue weighted by Crippen LogP contribution is -2.21. The lowest BCUT2D eigenvalue weighted by atomic mass is 10.1. The summed E-state index contributed by atoms with van der Waals surface area (Å²) in [4.78, 5) is 25.9. The third-order valence-corrected chi connectivity index (χ3v) is 5.54. The Hall–Kier alpha value is -2.86. The van der Waals surface area contributed by atoms with Crippen LogP contribution in [0.1, 0.15) is 37.7 Å². The van der Waals surface area contributed by atoms with E-state index in [1.807, 2.05) is 63.4 Å². The Bertz CT molecular complexity index is 1000. The first-order chi connectivity index (χ1) is 13.3. The molecule has 0 aliphatic rings. The summed E-state index contributed by atoms with van der Waals surface area (Å²) in [6, 6.07) is 11.7. The SMILES string of the molecule is Cc1ccc(NC(=O)COC(=O)c2cc(C)n(Cc3cccs3)c2C)c(C)c1. The predicted octanol–water partition coefficient (Wildman–Crippen LogP) is 4.63. The fourth-order valence-electron chi connectivity index (χ4n) is 3.16. The predicted molar refractivity (Wildman–Crippen MR) is 112 cm³/mol. The Morgan fingerprint density at radius 1 is 1.11 bits per heavy atom. The number of hydrogen-bond donors (Lipinski definition) is 1. The number of aromatic nitrogens is 1. The van der Waals surface area contributed by atoms with E-state index in [1.54, 1.807) is 11.3 Å². The van der Waals surface area contributed by atoms with Crippen molar-refractivity contribution in [1.82, 2.24) is 4.57 Å². The van der Waals surface area contributed by atoms with Crippen LogP contribution in [0.4, 0.5) is 5.69 Å². The van der Waals surface area contributed by atoms with Crippen LogP contribution in [-0.4, -0.2) is 23.1 Å². The second kappa shape index (κ2) is 8.44. The van der Waals surface area contributed by atoms with E-state index in [1.165, 1.54) is 4.88 Å². The lowest BCUT2D eigenvalue weighted by Gasteiger charge is -2.10. The Balaban J connectivity index is 1.62. The number of esters is 1. The average Bonchev–Trinajstić information content (AvgIpc) is 3.26. The summed E-state index contributed by atoms with van der Waals surface area (Å²) in [7, 11) is 0. The van der Waals surface area contributed by atoms with Crippen molar-refractivity contribution in [3.05, 3.63) is 74.7 Å². The molecule has 146 valence electrons. The van der Waals surface area contributed by atoms with E-state index in [4.69, 9.17) is 4.74 Å². The summed E-state index contributed by atoms with van der Waals surface area (Å²) in [5.41, 5.74) is 5.13. The van der Waals surface area contributed by atoms with Gasteiger partial charge >= 0.3 is 5.97 Å². The van der Waals surface area contributed by atoms with Crippen molar-refractivity contribution in [3.63, 3.8) is 0 Å². The molecule has 5 nitrogen and oxygen atoms in total. The minimum Gasteiger partial charge on any atom is -0.452 e. The van der Waals surface area contributed by atoms with Gasteiger partial charge in [-0.1, -0.05) is 23.8 Å². The number of ether oxygens (including phenoxy) is 1. The fourth-order valence-corrected chi connectivity index (χ4v) is 3.85. The zero-order valence-electron chi connectivity index (χ0n) is 16.5. The van der Waals surface area contributed by atoms with E-state index in [2.05, 4.69) is 16.0 Å². The molecule has 0 saturated carbocycles. The first-order valence-electron chi connectivity index (χ1n) is 9.08. The number of nitrogens with one attached hydrogen (secondary N) is 1. The normalized spacial score (nSPS) is 10.7. The van der Waals surface area contributed by atoms with Gasteiger partial charge in [-0.25, -0.2) is 4.79 Å². The number of anilines is 1. The molecule has 1 amide bonds. The molecule has 2 aromatic heterocycles. The molecule has 2 heterocycles. The van der Waals surface area contributed by atoms with E-state index < -0.39 is 5.97 Å². The number of carbonyl (C=O) groups excluding carboxylic acids is 2. The number of aryl methyl sites for hydroxylation is 3. The standard InChI is InChI=1S/C22H24N2O3S/c1-14-7-8-20(15(2)10-14)23-21(25)13-27-22(26)19-11-16(3)24(17(19)4)12-18-6-5-9-28-18/h5-11H,12-13H2,1-4H3,(H,23,25). The van der Waals surface area contributed by atoms with Crippen LogP contribution in [0.25, 0.3) is 0 Å². The van der Waals surface area contributed by atoms with Crippen LogP contribution < -0.4 is 5.32 Å². The molecule has 3 rings (SSSR count). The number of hydrogen-bond acceptors (Lipinski definition) is 4. The monoisotopic (exact) mass is 396 g/mol. The van der Waals surface area contributed by atoms with Crippen LogP contribution in [0, 0.1) is 27.7 Å². The molecule has 1 N–H and O–H groups in total.